The lowest BCUT2D eigenvalue weighted by molar-refractivity contribution is -0.140. The molecule has 0 aliphatic heterocycles. The van der Waals surface area contributed by atoms with Gasteiger partial charge in [-0.3, -0.25) is 4.79 Å². The molecule has 5 heteroatoms. The van der Waals surface area contributed by atoms with Gasteiger partial charge >= 0.3 is 5.97 Å². The first-order chi connectivity index (χ1) is 12.8. The summed E-state index contributed by atoms with van der Waals surface area (Å²) in [7, 11) is 1.41. The van der Waals surface area contributed by atoms with Crippen LogP contribution in [0.15, 0.2) is 48.5 Å². The third kappa shape index (κ3) is 7.21. The number of ether oxygens (including phenoxy) is 2. The van der Waals surface area contributed by atoms with Crippen LogP contribution in [-0.4, -0.2) is 19.1 Å². The summed E-state index contributed by atoms with van der Waals surface area (Å²) in [5, 5.41) is 3.50. The number of nitrogens with two attached hydrogens (primary N) is 1. The molecule has 0 radical (unpaired) electrons. The van der Waals surface area contributed by atoms with Gasteiger partial charge in [0.1, 0.15) is 11.5 Å². The number of benzene rings is 2. The summed E-state index contributed by atoms with van der Waals surface area (Å²) < 4.78 is 10.7. The highest BCUT2D eigenvalue weighted by molar-refractivity contribution is 5.70. The Kier molecular flexibility index (Phi) is 7.11. The maximum atomic E-state index is 11.6. The quantitative estimate of drug-likeness (QED) is 0.491. The van der Waals surface area contributed by atoms with Crippen molar-refractivity contribution in [1.29, 1.82) is 0 Å². The van der Waals surface area contributed by atoms with Gasteiger partial charge in [-0.15, -0.1) is 0 Å². The van der Waals surface area contributed by atoms with Crippen LogP contribution in [0.25, 0.3) is 0 Å². The largest absolute Gasteiger partial charge is 0.469 e. The minimum absolute atomic E-state index is 0.0957. The van der Waals surface area contributed by atoms with Gasteiger partial charge in [0.05, 0.1) is 18.5 Å². The van der Waals surface area contributed by atoms with Gasteiger partial charge in [0, 0.05) is 18.5 Å². The number of para-hydroxylation sites is 1. The molecule has 0 bridgehead atoms. The number of esters is 1. The zero-order valence-corrected chi connectivity index (χ0v) is 16.6. The first kappa shape index (κ1) is 20.6. The highest BCUT2D eigenvalue weighted by Gasteiger charge is 2.20. The van der Waals surface area contributed by atoms with Gasteiger partial charge < -0.3 is 20.5 Å². The fourth-order valence-electron chi connectivity index (χ4n) is 2.93. The van der Waals surface area contributed by atoms with E-state index in [0.717, 1.165) is 17.9 Å². The van der Waals surface area contributed by atoms with E-state index in [2.05, 4.69) is 26.1 Å². The molecule has 2 rings (SSSR count). The Morgan fingerprint density at radius 3 is 2.44 bits per heavy atom. The van der Waals surface area contributed by atoms with Crippen LogP contribution in [0.1, 0.15) is 40.0 Å². The lowest BCUT2D eigenvalue weighted by Crippen LogP contribution is -2.27. The zero-order valence-electron chi connectivity index (χ0n) is 16.6. The predicted octanol–water partition coefficient (Wildman–Crippen LogP) is 5.23. The van der Waals surface area contributed by atoms with Crippen LogP contribution in [-0.2, 0) is 9.53 Å². The van der Waals surface area contributed by atoms with E-state index in [-0.39, 0.29) is 17.4 Å². The summed E-state index contributed by atoms with van der Waals surface area (Å²) in [6.45, 7) is 6.54. The van der Waals surface area contributed by atoms with E-state index in [0.29, 0.717) is 24.3 Å². The van der Waals surface area contributed by atoms with E-state index >= 15 is 0 Å². The van der Waals surface area contributed by atoms with Gasteiger partial charge in [-0.05, 0) is 42.5 Å². The first-order valence-corrected chi connectivity index (χ1v) is 9.22. The molecule has 0 aliphatic rings. The second-order valence-electron chi connectivity index (χ2n) is 7.89. The molecule has 5 nitrogen and oxygen atoms in total. The number of nitrogen functional groups attached to an aromatic ring is 1. The molecular formula is C22H30N2O3. The topological polar surface area (TPSA) is 73.6 Å². The van der Waals surface area contributed by atoms with E-state index in [1.807, 2.05) is 48.5 Å². The molecule has 146 valence electrons. The van der Waals surface area contributed by atoms with E-state index in [4.69, 9.17) is 15.2 Å². The summed E-state index contributed by atoms with van der Waals surface area (Å²) in [6.07, 6.45) is 1.94. The number of hydrogen-bond acceptors (Lipinski definition) is 5. The van der Waals surface area contributed by atoms with Gasteiger partial charge in [-0.25, -0.2) is 0 Å². The number of carbonyl (C=O) groups excluding carboxylic acids is 1. The number of carbonyl (C=O) groups is 1. The highest BCUT2D eigenvalue weighted by atomic mass is 16.5. The average Bonchev–Trinajstić information content (AvgIpc) is 2.62. The van der Waals surface area contributed by atoms with Crippen molar-refractivity contribution in [3.05, 3.63) is 48.5 Å². The number of nitrogens with one attached hydrogen (secondary N) is 1. The molecule has 2 aromatic carbocycles. The van der Waals surface area contributed by atoms with Crippen LogP contribution in [0.2, 0.25) is 0 Å². The minimum Gasteiger partial charge on any atom is -0.469 e. The molecule has 0 unspecified atom stereocenters. The molecular weight excluding hydrogens is 340 g/mol. The van der Waals surface area contributed by atoms with Crippen molar-refractivity contribution < 1.29 is 14.3 Å². The zero-order chi connectivity index (χ0) is 19.9. The second kappa shape index (κ2) is 9.31. The van der Waals surface area contributed by atoms with Gasteiger partial charge in [0.25, 0.3) is 0 Å². The molecule has 0 aromatic heterocycles. The van der Waals surface area contributed by atoms with Crippen LogP contribution >= 0.6 is 0 Å². The summed E-state index contributed by atoms with van der Waals surface area (Å²) in [5.41, 5.74) is 7.73. The first-order valence-electron chi connectivity index (χ1n) is 9.22. The summed E-state index contributed by atoms with van der Waals surface area (Å²) in [4.78, 5) is 11.6. The molecule has 27 heavy (non-hydrogen) atoms. The number of methoxy groups -OCH3 is 1. The Hall–Kier alpha value is -2.69. The van der Waals surface area contributed by atoms with Crippen molar-refractivity contribution in [1.82, 2.24) is 0 Å². The summed E-state index contributed by atoms with van der Waals surface area (Å²) >= 11 is 0. The Bertz CT molecular complexity index is 739. The van der Waals surface area contributed by atoms with Crippen LogP contribution in [0.4, 0.5) is 11.4 Å². The standard InChI is InChI=1S/C22H30N2O3/c1-22(2,3)15-16(10-13-21(25)26-4)24-20-14-18(11-12-19(20)23)27-17-8-6-5-7-9-17/h5-9,11-12,14,16,24H,10,13,15,23H2,1-4H3/t16-/m0/s1. The van der Waals surface area contributed by atoms with Crippen LogP contribution < -0.4 is 15.8 Å². The molecule has 2 aromatic rings. The number of anilines is 2. The Morgan fingerprint density at radius 1 is 1.11 bits per heavy atom. The monoisotopic (exact) mass is 370 g/mol. The van der Waals surface area contributed by atoms with Crippen LogP contribution in [0.3, 0.4) is 0 Å². The molecule has 0 fully saturated rings. The summed E-state index contributed by atoms with van der Waals surface area (Å²) in [5.74, 6) is 1.27. The molecule has 0 amide bonds. The fraction of sp³-hybridized carbons (Fsp3) is 0.409. The van der Waals surface area contributed by atoms with E-state index in [1.165, 1.54) is 7.11 Å². The lowest BCUT2D eigenvalue weighted by atomic mass is 9.86. The molecule has 0 spiro atoms. The smallest absolute Gasteiger partial charge is 0.305 e. The van der Waals surface area contributed by atoms with Crippen molar-refractivity contribution in [3.8, 4) is 11.5 Å². The van der Waals surface area contributed by atoms with Crippen molar-refractivity contribution in [3.63, 3.8) is 0 Å². The van der Waals surface area contributed by atoms with Crippen molar-refractivity contribution in [2.75, 3.05) is 18.2 Å². The van der Waals surface area contributed by atoms with E-state index in [9.17, 15) is 4.79 Å². The maximum absolute atomic E-state index is 11.6. The Balaban J connectivity index is 2.14. The van der Waals surface area contributed by atoms with Gasteiger partial charge in [0.2, 0.25) is 0 Å². The van der Waals surface area contributed by atoms with Crippen LogP contribution in [0.5, 0.6) is 11.5 Å². The summed E-state index contributed by atoms with van der Waals surface area (Å²) in [6, 6.07) is 15.3. The Labute approximate surface area is 161 Å². The van der Waals surface area contributed by atoms with Gasteiger partial charge in [-0.2, -0.15) is 0 Å². The van der Waals surface area contributed by atoms with Gasteiger partial charge in [-0.1, -0.05) is 39.0 Å². The molecule has 0 saturated carbocycles. The van der Waals surface area contributed by atoms with Crippen molar-refractivity contribution >= 4 is 17.3 Å². The van der Waals surface area contributed by atoms with Crippen molar-refractivity contribution in [2.45, 2.75) is 46.1 Å². The van der Waals surface area contributed by atoms with Crippen molar-refractivity contribution in [2.24, 2.45) is 5.41 Å². The lowest BCUT2D eigenvalue weighted by Gasteiger charge is -2.28. The Morgan fingerprint density at radius 2 is 1.81 bits per heavy atom. The molecule has 0 heterocycles. The highest BCUT2D eigenvalue weighted by Crippen LogP contribution is 2.31. The average molecular weight is 370 g/mol. The SMILES string of the molecule is COC(=O)CC[C@@H](CC(C)(C)C)Nc1cc(Oc2ccccc2)ccc1N. The normalized spacial score (nSPS) is 12.3. The molecule has 0 saturated heterocycles. The van der Waals surface area contributed by atoms with E-state index < -0.39 is 0 Å². The minimum atomic E-state index is -0.204. The van der Waals surface area contributed by atoms with E-state index in [1.54, 1.807) is 0 Å². The molecule has 1 atom stereocenters. The third-order valence-electron chi connectivity index (χ3n) is 4.15. The van der Waals surface area contributed by atoms with Crippen LogP contribution in [0, 0.1) is 5.41 Å². The third-order valence-corrected chi connectivity index (χ3v) is 4.15. The predicted molar refractivity (Wildman–Crippen MR) is 110 cm³/mol. The maximum Gasteiger partial charge on any atom is 0.305 e. The molecule has 3 N–H and O–H groups in total. The fourth-order valence-corrected chi connectivity index (χ4v) is 2.93. The van der Waals surface area contributed by atoms with Gasteiger partial charge in [0.15, 0.2) is 0 Å². The second-order valence-corrected chi connectivity index (χ2v) is 7.89. The number of rotatable bonds is 8. The number of hydrogen-bond donors (Lipinski definition) is 2. The molecule has 0 aliphatic carbocycles.